The normalized spacial score (nSPS) is 17.7. The smallest absolute Gasteiger partial charge is 0.135 e. The third-order valence-corrected chi connectivity index (χ3v) is 9.28. The summed E-state index contributed by atoms with van der Waals surface area (Å²) in [4.78, 5) is 9.36. The van der Waals surface area contributed by atoms with Crippen molar-refractivity contribution in [1.82, 2.24) is 4.98 Å². The third-order valence-electron chi connectivity index (χ3n) is 9.28. The van der Waals surface area contributed by atoms with Gasteiger partial charge in [-0.05, 0) is 67.1 Å². The second-order valence-electron chi connectivity index (χ2n) is 12.1. The molecule has 0 amide bonds. The van der Waals surface area contributed by atoms with Crippen molar-refractivity contribution in [3.63, 3.8) is 0 Å². The molecule has 1 fully saturated rings. The lowest BCUT2D eigenvalue weighted by Crippen LogP contribution is -2.47. The molecule has 0 bridgehead atoms. The number of hydrogen-bond acceptors (Lipinski definition) is 5. The first-order valence-corrected chi connectivity index (χ1v) is 16.3. The van der Waals surface area contributed by atoms with E-state index in [1.807, 2.05) is 18.3 Å². The molecular weight excluding hydrogens is 516 g/mol. The second-order valence-corrected chi connectivity index (χ2v) is 12.1. The fourth-order valence-electron chi connectivity index (χ4n) is 6.95. The zero-order chi connectivity index (χ0) is 28.6. The first-order valence-electron chi connectivity index (χ1n) is 16.3. The monoisotopic (exact) mass is 560 g/mol. The molecule has 0 radical (unpaired) electrons. The minimum Gasteiger partial charge on any atom is -0.456 e. The summed E-state index contributed by atoms with van der Waals surface area (Å²) in [6.07, 6.45) is 18.0. The van der Waals surface area contributed by atoms with Crippen molar-refractivity contribution >= 4 is 22.5 Å². The van der Waals surface area contributed by atoms with Gasteiger partial charge in [-0.3, -0.25) is 0 Å². The molecular formula is C37H44N4O. The molecule has 6 rings (SSSR count). The summed E-state index contributed by atoms with van der Waals surface area (Å²) in [5, 5.41) is 11.8. The topological polar surface area (TPSA) is 56.3 Å². The number of para-hydroxylation sites is 1. The van der Waals surface area contributed by atoms with Crippen molar-refractivity contribution in [3.8, 4) is 17.4 Å². The summed E-state index contributed by atoms with van der Waals surface area (Å²) >= 11 is 0. The van der Waals surface area contributed by atoms with Gasteiger partial charge >= 0.3 is 0 Å². The quantitative estimate of drug-likeness (QED) is 0.250. The van der Waals surface area contributed by atoms with E-state index in [9.17, 15) is 5.26 Å². The van der Waals surface area contributed by atoms with Gasteiger partial charge in [0.25, 0.3) is 0 Å². The Labute approximate surface area is 251 Å². The summed E-state index contributed by atoms with van der Waals surface area (Å²) in [6, 6.07) is 21.6. The number of hydrogen-bond donors (Lipinski definition) is 0. The number of nitriles is 1. The van der Waals surface area contributed by atoms with Crippen molar-refractivity contribution in [2.24, 2.45) is 0 Å². The summed E-state index contributed by atoms with van der Waals surface area (Å²) in [6.45, 7) is 3.51. The highest BCUT2D eigenvalue weighted by Gasteiger charge is 2.26. The van der Waals surface area contributed by atoms with Crippen molar-refractivity contribution in [2.75, 3.05) is 36.0 Å². The second kappa shape index (κ2) is 13.9. The predicted molar refractivity (Wildman–Crippen MR) is 173 cm³/mol. The highest BCUT2D eigenvalue weighted by atomic mass is 16.3. The molecule has 3 heterocycles. The Morgan fingerprint density at radius 3 is 1.93 bits per heavy atom. The van der Waals surface area contributed by atoms with Crippen molar-refractivity contribution in [1.29, 1.82) is 5.26 Å². The van der Waals surface area contributed by atoms with E-state index in [0.29, 0.717) is 0 Å². The first-order chi connectivity index (χ1) is 20.8. The van der Waals surface area contributed by atoms with E-state index in [2.05, 4.69) is 63.3 Å². The largest absolute Gasteiger partial charge is 0.456 e. The van der Waals surface area contributed by atoms with Gasteiger partial charge in [0.15, 0.2) is 0 Å². The highest BCUT2D eigenvalue weighted by Crippen LogP contribution is 2.40. The Morgan fingerprint density at radius 2 is 1.29 bits per heavy atom. The first kappa shape index (κ1) is 28.3. The Balaban J connectivity index is 1.39. The molecule has 0 atom stereocenters. The van der Waals surface area contributed by atoms with Gasteiger partial charge in [-0.1, -0.05) is 82.1 Å². The number of nitrogens with zero attached hydrogens (tertiary/aromatic N) is 4. The van der Waals surface area contributed by atoms with Crippen LogP contribution in [0.5, 0.6) is 0 Å². The van der Waals surface area contributed by atoms with Crippen LogP contribution in [-0.2, 0) is 12.8 Å². The van der Waals surface area contributed by atoms with Crippen molar-refractivity contribution in [2.45, 2.75) is 83.5 Å². The highest BCUT2D eigenvalue weighted by molar-refractivity contribution is 5.85. The van der Waals surface area contributed by atoms with Crippen LogP contribution in [0.3, 0.4) is 0 Å². The van der Waals surface area contributed by atoms with Gasteiger partial charge in [-0.2, -0.15) is 5.26 Å². The third kappa shape index (κ3) is 6.49. The lowest BCUT2D eigenvalue weighted by atomic mass is 9.86. The molecule has 5 heteroatoms. The van der Waals surface area contributed by atoms with Crippen LogP contribution in [0.15, 0.2) is 65.2 Å². The number of fused-ring (bicyclic) bond motifs is 2. The van der Waals surface area contributed by atoms with Crippen LogP contribution in [0.4, 0.5) is 11.5 Å². The van der Waals surface area contributed by atoms with Gasteiger partial charge in [0.2, 0.25) is 0 Å². The molecule has 1 aliphatic heterocycles. The van der Waals surface area contributed by atoms with E-state index in [-0.39, 0.29) is 0 Å². The predicted octanol–water partition coefficient (Wildman–Crippen LogP) is 9.08. The molecule has 42 heavy (non-hydrogen) atoms. The molecule has 218 valence electrons. The number of piperazine rings is 1. The Hall–Kier alpha value is -3.78. The molecule has 0 spiro atoms. The Morgan fingerprint density at radius 1 is 0.667 bits per heavy atom. The number of anilines is 2. The molecule has 1 aliphatic carbocycles. The molecule has 2 aromatic heterocycles. The lowest BCUT2D eigenvalue weighted by molar-refractivity contribution is 0.549. The number of aromatic nitrogens is 1. The van der Waals surface area contributed by atoms with Gasteiger partial charge in [-0.15, -0.1) is 0 Å². The van der Waals surface area contributed by atoms with Crippen LogP contribution in [0.2, 0.25) is 0 Å². The summed E-state index contributed by atoms with van der Waals surface area (Å²) in [5.74, 6) is 1.96. The number of benzene rings is 2. The zero-order valence-corrected chi connectivity index (χ0v) is 25.0. The summed E-state index contributed by atoms with van der Waals surface area (Å²) < 4.78 is 6.52. The van der Waals surface area contributed by atoms with Gasteiger partial charge in [0.05, 0.1) is 11.3 Å². The molecule has 0 unspecified atom stereocenters. The number of pyridine rings is 1. The van der Waals surface area contributed by atoms with Gasteiger partial charge in [-0.25, -0.2) is 4.98 Å². The van der Waals surface area contributed by atoms with E-state index >= 15 is 0 Å². The summed E-state index contributed by atoms with van der Waals surface area (Å²) in [7, 11) is 0. The zero-order valence-electron chi connectivity index (χ0n) is 25.0. The van der Waals surface area contributed by atoms with Crippen LogP contribution in [0, 0.1) is 11.3 Å². The SMILES string of the molecule is N#Cc1c(N2CCN(c3ccccn3)CC2)cc(-c2cc3ccccc3o2)c2c1CCCCCCCCCCCCC2. The van der Waals surface area contributed by atoms with E-state index in [1.165, 1.54) is 74.5 Å². The average molecular weight is 561 g/mol. The van der Waals surface area contributed by atoms with Gasteiger partial charge < -0.3 is 14.2 Å². The fourth-order valence-corrected chi connectivity index (χ4v) is 6.95. The molecule has 0 saturated carbocycles. The molecule has 4 aromatic rings. The van der Waals surface area contributed by atoms with Crippen LogP contribution < -0.4 is 9.80 Å². The van der Waals surface area contributed by atoms with Crippen molar-refractivity contribution < 1.29 is 4.42 Å². The van der Waals surface area contributed by atoms with Crippen LogP contribution >= 0.6 is 0 Å². The molecule has 2 aromatic carbocycles. The van der Waals surface area contributed by atoms with E-state index < -0.39 is 0 Å². The average Bonchev–Trinajstić information content (AvgIpc) is 3.47. The van der Waals surface area contributed by atoms with Crippen LogP contribution in [-0.4, -0.2) is 31.2 Å². The van der Waals surface area contributed by atoms with Gasteiger partial charge in [0.1, 0.15) is 23.2 Å². The minimum atomic E-state index is 0.865. The van der Waals surface area contributed by atoms with Crippen molar-refractivity contribution in [3.05, 3.63) is 77.5 Å². The lowest BCUT2D eigenvalue weighted by Gasteiger charge is -2.37. The maximum atomic E-state index is 10.7. The Bertz CT molecular complexity index is 1460. The van der Waals surface area contributed by atoms with Crippen LogP contribution in [0.25, 0.3) is 22.3 Å². The molecule has 5 nitrogen and oxygen atoms in total. The Kier molecular flexibility index (Phi) is 9.40. The fraction of sp³-hybridized carbons (Fsp3) is 0.459. The number of rotatable bonds is 3. The van der Waals surface area contributed by atoms with E-state index in [0.717, 1.165) is 85.7 Å². The van der Waals surface area contributed by atoms with Crippen LogP contribution in [0.1, 0.15) is 87.3 Å². The molecule has 0 N–H and O–H groups in total. The number of furan rings is 1. The van der Waals surface area contributed by atoms with Gasteiger partial charge in [0, 0.05) is 43.3 Å². The minimum absolute atomic E-state index is 0.865. The standard InChI is InChI=1S/C37H44N4O/c38-28-33-31-18-11-9-7-5-3-1-2-4-6-8-10-17-30(31)32(36-26-29-16-12-13-19-35(29)42-36)27-34(33)40-22-24-41(25-23-40)37-20-14-15-21-39-37/h12-16,19-21,26-27H,1-11,17-18,22-25H2. The van der Waals surface area contributed by atoms with E-state index in [1.54, 1.807) is 0 Å². The maximum absolute atomic E-state index is 10.7. The summed E-state index contributed by atoms with van der Waals surface area (Å²) in [5.41, 5.74) is 6.69. The maximum Gasteiger partial charge on any atom is 0.135 e. The molecule has 2 aliphatic rings. The van der Waals surface area contributed by atoms with E-state index in [4.69, 9.17) is 4.42 Å². The molecule has 1 saturated heterocycles.